The summed E-state index contributed by atoms with van der Waals surface area (Å²) in [5.41, 5.74) is 0. The maximum atomic E-state index is 11.1. The Morgan fingerprint density at radius 1 is 1.56 bits per heavy atom. The molecule has 0 atom stereocenters. The predicted molar refractivity (Wildman–Crippen MR) is 23.0 cm³/mol. The van der Waals surface area contributed by atoms with Gasteiger partial charge >= 0.3 is 12.1 Å². The van der Waals surface area contributed by atoms with E-state index in [1.165, 1.54) is 6.04 Å². The fourth-order valence-corrected chi connectivity index (χ4v) is 0.136. The van der Waals surface area contributed by atoms with Gasteiger partial charge in [0.25, 0.3) is 0 Å². The molecule has 2 nitrogen and oxygen atoms in total. The van der Waals surface area contributed by atoms with E-state index in [0.29, 0.717) is 0 Å². The van der Waals surface area contributed by atoms with E-state index in [1.54, 1.807) is 0 Å². The number of amides is 1. The molecule has 0 aromatic rings. The van der Waals surface area contributed by atoms with Crippen LogP contribution in [0, 0.1) is 12.5 Å². The third-order valence-electron chi connectivity index (χ3n) is 0.443. The van der Waals surface area contributed by atoms with Gasteiger partial charge in [0.15, 0.2) is 0 Å². The van der Waals surface area contributed by atoms with E-state index in [9.17, 15) is 18.0 Å². The van der Waals surface area contributed by atoms with E-state index in [0.717, 1.165) is 5.32 Å². The number of rotatable bonds is 0. The minimum Gasteiger partial charge on any atom is -0.277 e. The molecule has 0 heterocycles. The highest BCUT2D eigenvalue weighted by molar-refractivity contribution is 5.83. The lowest BCUT2D eigenvalue weighted by molar-refractivity contribution is -0.172. The molecule has 0 rings (SSSR count). The number of nitrogens with one attached hydrogen (secondary N) is 1. The molecule has 0 spiro atoms. The second kappa shape index (κ2) is 2.40. The quantitative estimate of drug-likeness (QED) is 0.376. The molecule has 0 aromatic heterocycles. The molecule has 0 aliphatic carbocycles. The normalized spacial score (nSPS) is 10.0. The van der Waals surface area contributed by atoms with Crippen LogP contribution in [0.3, 0.4) is 0 Å². The van der Waals surface area contributed by atoms with Crippen molar-refractivity contribution in [2.75, 3.05) is 0 Å². The van der Waals surface area contributed by atoms with E-state index < -0.39 is 12.1 Å². The summed E-state index contributed by atoms with van der Waals surface area (Å²) in [6, 6.07) is 1.35. The summed E-state index contributed by atoms with van der Waals surface area (Å²) < 4.78 is 33.4. The Hall–Kier alpha value is -1.18. The lowest BCUT2D eigenvalue weighted by Crippen LogP contribution is -2.33. The highest BCUT2D eigenvalue weighted by Crippen LogP contribution is 2.13. The zero-order chi connectivity index (χ0) is 7.49. The molecule has 0 unspecified atom stereocenters. The van der Waals surface area contributed by atoms with Gasteiger partial charge in [-0.05, 0) is 0 Å². The fraction of sp³-hybridized carbons (Fsp3) is 0.250. The number of carbonyl (C=O) groups is 1. The molecule has 9 heavy (non-hydrogen) atoms. The SMILES string of the molecule is C#CNC(=O)C(F)(F)F. The largest absolute Gasteiger partial charge is 0.472 e. The zero-order valence-corrected chi connectivity index (χ0v) is 4.12. The van der Waals surface area contributed by atoms with Gasteiger partial charge in [0.2, 0.25) is 0 Å². The third kappa shape index (κ3) is 2.59. The van der Waals surface area contributed by atoms with Gasteiger partial charge < -0.3 is 0 Å². The van der Waals surface area contributed by atoms with Crippen molar-refractivity contribution in [3.63, 3.8) is 0 Å². The molecule has 1 amide bonds. The third-order valence-corrected chi connectivity index (χ3v) is 0.443. The first-order chi connectivity index (χ1) is 3.98. The number of carbonyl (C=O) groups excluding carboxylic acids is 1. The number of hydrogen-bond acceptors (Lipinski definition) is 1. The van der Waals surface area contributed by atoms with Crippen molar-refractivity contribution in [1.29, 1.82) is 0 Å². The second-order valence-electron chi connectivity index (χ2n) is 1.10. The Labute approximate surface area is 49.0 Å². The van der Waals surface area contributed by atoms with Crippen LogP contribution in [0.5, 0.6) is 0 Å². The van der Waals surface area contributed by atoms with Crippen LogP contribution in [0.4, 0.5) is 13.2 Å². The average molecular weight is 137 g/mol. The smallest absolute Gasteiger partial charge is 0.277 e. The molecule has 1 N–H and O–H groups in total. The first-order valence-electron chi connectivity index (χ1n) is 1.81. The standard InChI is InChI=1S/C4H2F3NO/c1-2-8-3(9)4(5,6)7/h1H,(H,8,9). The van der Waals surface area contributed by atoms with Crippen LogP contribution in [0.2, 0.25) is 0 Å². The number of alkyl halides is 3. The molecule has 0 saturated heterocycles. The van der Waals surface area contributed by atoms with Crippen LogP contribution < -0.4 is 5.32 Å². The van der Waals surface area contributed by atoms with E-state index in [1.807, 2.05) is 0 Å². The van der Waals surface area contributed by atoms with Crippen molar-refractivity contribution >= 4 is 5.91 Å². The summed E-state index contributed by atoms with van der Waals surface area (Å²) in [5, 5.41) is 1.15. The highest BCUT2D eigenvalue weighted by atomic mass is 19.4. The minimum atomic E-state index is -4.88. The molecule has 0 aliphatic rings. The van der Waals surface area contributed by atoms with Crippen LogP contribution in [0.25, 0.3) is 0 Å². The van der Waals surface area contributed by atoms with Gasteiger partial charge in [0.05, 0.1) is 0 Å². The summed E-state index contributed by atoms with van der Waals surface area (Å²) in [4.78, 5) is 9.69. The minimum absolute atomic E-state index is 1.15. The van der Waals surface area contributed by atoms with Gasteiger partial charge in [-0.25, -0.2) is 0 Å². The monoisotopic (exact) mass is 137 g/mol. The fourth-order valence-electron chi connectivity index (χ4n) is 0.136. The van der Waals surface area contributed by atoms with Crippen molar-refractivity contribution in [3.05, 3.63) is 0 Å². The molecule has 50 valence electrons. The summed E-state index contributed by atoms with van der Waals surface area (Å²) in [6.07, 6.45) is -0.538. The second-order valence-corrected chi connectivity index (χ2v) is 1.10. The lowest BCUT2D eigenvalue weighted by Gasteiger charge is -2.00. The van der Waals surface area contributed by atoms with Gasteiger partial charge in [-0.15, -0.1) is 0 Å². The number of hydrogen-bond donors (Lipinski definition) is 1. The Morgan fingerprint density at radius 2 is 2.00 bits per heavy atom. The van der Waals surface area contributed by atoms with Crippen LogP contribution in [-0.4, -0.2) is 12.1 Å². The van der Waals surface area contributed by atoms with Crippen molar-refractivity contribution < 1.29 is 18.0 Å². The molecule has 0 bridgehead atoms. The van der Waals surface area contributed by atoms with E-state index in [2.05, 4.69) is 6.42 Å². The summed E-state index contributed by atoms with van der Waals surface area (Å²) in [5.74, 6) is -2.12. The number of terminal acetylenes is 1. The molecular formula is C4H2F3NO. The summed E-state index contributed by atoms with van der Waals surface area (Å²) in [6.45, 7) is 0. The maximum absolute atomic E-state index is 11.1. The van der Waals surface area contributed by atoms with Crippen LogP contribution in [-0.2, 0) is 4.79 Å². The summed E-state index contributed by atoms with van der Waals surface area (Å²) in [7, 11) is 0. The van der Waals surface area contributed by atoms with Gasteiger partial charge in [0.1, 0.15) is 0 Å². The summed E-state index contributed by atoms with van der Waals surface area (Å²) >= 11 is 0. The van der Waals surface area contributed by atoms with Gasteiger partial charge in [-0.2, -0.15) is 13.2 Å². The first-order valence-corrected chi connectivity index (χ1v) is 1.81. The molecule has 0 aromatic carbocycles. The first kappa shape index (κ1) is 7.82. The Bertz CT molecular complexity index is 154. The lowest BCUT2D eigenvalue weighted by atomic mass is 10.6. The molecule has 5 heteroatoms. The topological polar surface area (TPSA) is 29.1 Å². The van der Waals surface area contributed by atoms with Crippen LogP contribution >= 0.6 is 0 Å². The van der Waals surface area contributed by atoms with Crippen molar-refractivity contribution in [2.24, 2.45) is 0 Å². The zero-order valence-electron chi connectivity index (χ0n) is 4.12. The van der Waals surface area contributed by atoms with E-state index in [4.69, 9.17) is 0 Å². The van der Waals surface area contributed by atoms with Crippen LogP contribution in [0.1, 0.15) is 0 Å². The van der Waals surface area contributed by atoms with Crippen molar-refractivity contribution in [3.8, 4) is 12.5 Å². The van der Waals surface area contributed by atoms with E-state index >= 15 is 0 Å². The van der Waals surface area contributed by atoms with Crippen molar-refractivity contribution in [1.82, 2.24) is 5.32 Å². The van der Waals surface area contributed by atoms with E-state index in [-0.39, 0.29) is 0 Å². The molecule has 0 radical (unpaired) electrons. The van der Waals surface area contributed by atoms with Gasteiger partial charge in [-0.1, -0.05) is 6.42 Å². The van der Waals surface area contributed by atoms with Gasteiger partial charge in [0, 0.05) is 6.04 Å². The molecular weight excluding hydrogens is 135 g/mol. The highest BCUT2D eigenvalue weighted by Gasteiger charge is 2.38. The Kier molecular flexibility index (Phi) is 2.08. The molecule has 0 saturated carbocycles. The number of halogens is 3. The maximum Gasteiger partial charge on any atom is 0.472 e. The predicted octanol–water partition coefficient (Wildman–Crippen LogP) is 0.256. The van der Waals surface area contributed by atoms with Crippen molar-refractivity contribution in [2.45, 2.75) is 6.18 Å². The van der Waals surface area contributed by atoms with Crippen LogP contribution in [0.15, 0.2) is 0 Å². The molecule has 0 aliphatic heterocycles. The Morgan fingerprint density at radius 3 is 2.11 bits per heavy atom. The molecule has 0 fully saturated rings. The average Bonchev–Trinajstić information content (AvgIpc) is 1.64. The Balaban J connectivity index is 3.93. The van der Waals surface area contributed by atoms with Gasteiger partial charge in [-0.3, -0.25) is 10.1 Å².